The molecule has 0 rings (SSSR count). The Morgan fingerprint density at radius 3 is 1.17 bits per heavy atom. The first-order valence-electron chi connectivity index (χ1n) is 18.6. The number of aliphatic hydroxyl groups is 3. The van der Waals surface area contributed by atoms with Gasteiger partial charge in [0, 0.05) is 19.3 Å². The fourth-order valence-corrected chi connectivity index (χ4v) is 7.28. The zero-order chi connectivity index (χ0) is 32.7. The molecule has 0 aliphatic rings. The number of carbonyl (C=O) groups is 2. The molecule has 0 fully saturated rings. The van der Waals surface area contributed by atoms with Crippen LogP contribution in [-0.2, 0) is 18.7 Å². The summed E-state index contributed by atoms with van der Waals surface area (Å²) in [4.78, 5) is 25.1. The van der Waals surface area contributed by atoms with E-state index >= 15 is 0 Å². The van der Waals surface area contributed by atoms with Crippen LogP contribution in [0.25, 0.3) is 0 Å². The van der Waals surface area contributed by atoms with Crippen molar-refractivity contribution in [2.24, 2.45) is 0 Å². The van der Waals surface area contributed by atoms with Gasteiger partial charge in [-0.15, -0.1) is 0 Å². The van der Waals surface area contributed by atoms with Gasteiger partial charge in [-0.05, 0) is 12.8 Å². The van der Waals surface area contributed by atoms with E-state index in [9.17, 15) is 29.5 Å². The Morgan fingerprint density at radius 1 is 0.565 bits per heavy atom. The third-order valence-electron chi connectivity index (χ3n) is 8.67. The number of aliphatic hydroxyl groups excluding tert-OH is 2. The summed E-state index contributed by atoms with van der Waals surface area (Å²) in [5, 5.41) is 29.2. The molecule has 0 spiro atoms. The van der Waals surface area contributed by atoms with Crippen LogP contribution in [0.4, 0.5) is 0 Å². The predicted octanol–water partition coefficient (Wildman–Crippen LogP) is 4.59. The largest absolute Gasteiger partial charge is 1.00 e. The maximum absolute atomic E-state index is 13.1. The minimum absolute atomic E-state index is 0. The van der Waals surface area contributed by atoms with Crippen molar-refractivity contribution in [3.05, 3.63) is 0 Å². The van der Waals surface area contributed by atoms with Crippen molar-refractivity contribution in [1.82, 2.24) is 0 Å². The maximum Gasteiger partial charge on any atom is 1.00 e. The van der Waals surface area contributed by atoms with E-state index in [1.54, 1.807) is 0 Å². The summed E-state index contributed by atoms with van der Waals surface area (Å²) in [5.74, 6) is -0.143. The molecule has 0 bridgehead atoms. The Morgan fingerprint density at radius 2 is 0.870 bits per heavy atom. The van der Waals surface area contributed by atoms with Gasteiger partial charge in [-0.25, -0.2) is 0 Å². The first kappa shape index (κ1) is 51.8. The second-order valence-electron chi connectivity index (χ2n) is 13.0. The SMILES string of the molecule is CCCCCCCCCCCCCCCC(=O)CC(CO)OP(=O)(C(=O)CCCCCCCCCCCCCCC)C(O)O.[H-].[H-].[Na+].[Na+]. The number of hydrogen-bond donors (Lipinski definition) is 3. The molecule has 2 unspecified atom stereocenters. The molecule has 7 nitrogen and oxygen atoms in total. The van der Waals surface area contributed by atoms with E-state index in [4.69, 9.17) is 4.52 Å². The van der Waals surface area contributed by atoms with E-state index in [1.807, 2.05) is 0 Å². The van der Waals surface area contributed by atoms with Crippen LogP contribution in [0.15, 0.2) is 0 Å². The molecule has 0 aliphatic heterocycles. The third-order valence-corrected chi connectivity index (χ3v) is 10.8. The molecule has 0 saturated carbocycles. The van der Waals surface area contributed by atoms with Gasteiger partial charge in [0.2, 0.25) is 11.6 Å². The molecule has 0 heterocycles. The van der Waals surface area contributed by atoms with Gasteiger partial charge in [-0.2, -0.15) is 0 Å². The van der Waals surface area contributed by atoms with Crippen LogP contribution in [0, 0.1) is 0 Å². The standard InChI is InChI=1S/C36H71O7P.2Na.2H/c1-3-5-7-9-11-13-15-17-19-21-23-25-27-29-33(38)31-34(32-37)43-44(42,36(40)41)35(39)30-28-26-24-22-20-18-16-14-12-10-8-6-4-2;;;;/h34,36-37,40-41H,3-32H2,1-2H3;;;;/q;2*+1;2*-1. The molecule has 0 aromatic rings. The Balaban J connectivity index is -0.00000154. The molecule has 0 aromatic carbocycles. The molecule has 3 N–H and O–H groups in total. The normalized spacial score (nSPS) is 13.2. The Bertz CT molecular complexity index is 736. The quantitative estimate of drug-likeness (QED) is 0.0384. The fourth-order valence-electron chi connectivity index (χ4n) is 5.74. The topological polar surface area (TPSA) is 121 Å². The molecule has 0 saturated heterocycles. The summed E-state index contributed by atoms with van der Waals surface area (Å²) in [5.41, 5.74) is -0.835. The van der Waals surface area contributed by atoms with Crippen LogP contribution in [0.1, 0.15) is 203 Å². The van der Waals surface area contributed by atoms with Crippen molar-refractivity contribution in [3.8, 4) is 0 Å². The molecule has 2 atom stereocenters. The average molecular weight is 695 g/mol. The molecule has 266 valence electrons. The molecular formula is C36H73Na2O7P. The average Bonchev–Trinajstić information content (AvgIpc) is 3.01. The Labute approximate surface area is 331 Å². The predicted molar refractivity (Wildman–Crippen MR) is 185 cm³/mol. The van der Waals surface area contributed by atoms with E-state index in [0.29, 0.717) is 12.8 Å². The van der Waals surface area contributed by atoms with Crippen molar-refractivity contribution >= 4 is 18.7 Å². The van der Waals surface area contributed by atoms with Crippen molar-refractivity contribution < 1.29 is 96.0 Å². The van der Waals surface area contributed by atoms with E-state index in [2.05, 4.69) is 13.8 Å². The molecule has 0 aliphatic carbocycles. The summed E-state index contributed by atoms with van der Waals surface area (Å²) in [6.45, 7) is 3.86. The summed E-state index contributed by atoms with van der Waals surface area (Å²) in [6.07, 6.45) is 29.6. The zero-order valence-electron chi connectivity index (χ0n) is 32.8. The van der Waals surface area contributed by atoms with Crippen LogP contribution in [-0.4, -0.2) is 45.4 Å². The minimum Gasteiger partial charge on any atom is -1.00 e. The first-order valence-corrected chi connectivity index (χ1v) is 20.3. The number of ketones is 1. The van der Waals surface area contributed by atoms with Crippen LogP contribution in [0.2, 0.25) is 0 Å². The van der Waals surface area contributed by atoms with E-state index in [0.717, 1.165) is 38.5 Å². The molecule has 0 radical (unpaired) electrons. The van der Waals surface area contributed by atoms with Crippen molar-refractivity contribution in [3.63, 3.8) is 0 Å². The number of Topliss-reactive ketones (excluding diaryl/α,β-unsaturated/α-hetero) is 1. The first-order chi connectivity index (χ1) is 21.3. The van der Waals surface area contributed by atoms with E-state index in [1.165, 1.54) is 122 Å². The van der Waals surface area contributed by atoms with Gasteiger partial charge in [0.1, 0.15) is 5.78 Å². The maximum atomic E-state index is 13.1. The molecule has 10 heteroatoms. The van der Waals surface area contributed by atoms with Crippen molar-refractivity contribution in [1.29, 1.82) is 0 Å². The van der Waals surface area contributed by atoms with Crippen molar-refractivity contribution in [2.75, 3.05) is 6.61 Å². The molecule has 0 amide bonds. The number of hydrogen-bond acceptors (Lipinski definition) is 7. The summed E-state index contributed by atoms with van der Waals surface area (Å²) < 4.78 is 18.4. The van der Waals surface area contributed by atoms with Crippen LogP contribution < -0.4 is 59.1 Å². The Hall–Kier alpha value is 1.41. The fraction of sp³-hybridized carbons (Fsp3) is 0.944. The van der Waals surface area contributed by atoms with Crippen LogP contribution in [0.3, 0.4) is 0 Å². The van der Waals surface area contributed by atoms with E-state index < -0.39 is 31.6 Å². The van der Waals surface area contributed by atoms with Crippen LogP contribution in [0.5, 0.6) is 0 Å². The summed E-state index contributed by atoms with van der Waals surface area (Å²) in [7, 11) is -4.50. The smallest absolute Gasteiger partial charge is 1.00 e. The van der Waals surface area contributed by atoms with Gasteiger partial charge in [0.25, 0.3) is 0 Å². The minimum atomic E-state index is -4.50. The second-order valence-corrected chi connectivity index (χ2v) is 15.3. The van der Waals surface area contributed by atoms with Gasteiger partial charge in [0.05, 0.1) is 12.7 Å². The molecular weight excluding hydrogens is 621 g/mol. The third kappa shape index (κ3) is 30.3. The molecule has 46 heavy (non-hydrogen) atoms. The van der Waals surface area contributed by atoms with Gasteiger partial charge in [-0.3, -0.25) is 14.2 Å². The number of unbranched alkanes of at least 4 members (excludes halogenated alkanes) is 24. The van der Waals surface area contributed by atoms with Gasteiger partial charge >= 0.3 is 66.5 Å². The number of rotatable bonds is 35. The van der Waals surface area contributed by atoms with E-state index in [-0.39, 0.29) is 80.6 Å². The Kier molecular flexibility index (Phi) is 42.4. The number of carbonyl (C=O) groups excluding carboxylic acids is 2. The summed E-state index contributed by atoms with van der Waals surface area (Å²) >= 11 is 0. The summed E-state index contributed by atoms with van der Waals surface area (Å²) in [6, 6.07) is -2.46. The van der Waals surface area contributed by atoms with Gasteiger partial charge in [-0.1, -0.05) is 168 Å². The zero-order valence-corrected chi connectivity index (χ0v) is 35.7. The monoisotopic (exact) mass is 694 g/mol. The molecule has 0 aromatic heterocycles. The van der Waals surface area contributed by atoms with Gasteiger partial charge < -0.3 is 22.7 Å². The second kappa shape index (κ2) is 37.7. The van der Waals surface area contributed by atoms with Crippen LogP contribution >= 0.6 is 7.37 Å². The van der Waals surface area contributed by atoms with Crippen molar-refractivity contribution in [2.45, 2.75) is 212 Å². The van der Waals surface area contributed by atoms with Gasteiger partial charge in [0.15, 0.2) is 0 Å².